The number of hydrogen-bond acceptors (Lipinski definition) is 1. The molecule has 140 valence electrons. The average molecular weight is 374 g/mol. The molecule has 0 saturated heterocycles. The molecule has 0 radical (unpaired) electrons. The molecule has 1 nitrogen and oxygen atoms in total. The maximum Gasteiger partial charge on any atom is 0.126 e. The van der Waals surface area contributed by atoms with Crippen molar-refractivity contribution in [2.24, 2.45) is 5.92 Å². The van der Waals surface area contributed by atoms with Crippen molar-refractivity contribution >= 4 is 11.1 Å². The van der Waals surface area contributed by atoms with Gasteiger partial charge in [-0.3, -0.25) is 0 Å². The van der Waals surface area contributed by atoms with Crippen LogP contribution in [0.5, 0.6) is 0 Å². The molecule has 29 heavy (non-hydrogen) atoms. The molecule has 1 aliphatic carbocycles. The number of aliphatic hydroxyl groups is 1. The second-order valence-corrected chi connectivity index (χ2v) is 7.49. The first-order valence-electron chi connectivity index (χ1n) is 9.98. The molecule has 5 rings (SSSR count). The van der Waals surface area contributed by atoms with E-state index in [1.54, 1.807) is 0 Å². The van der Waals surface area contributed by atoms with Gasteiger partial charge in [0.15, 0.2) is 0 Å². The van der Waals surface area contributed by atoms with Crippen molar-refractivity contribution in [1.29, 1.82) is 0 Å². The molecule has 4 aromatic carbocycles. The summed E-state index contributed by atoms with van der Waals surface area (Å²) in [5.74, 6) is -0.0999. The van der Waals surface area contributed by atoms with E-state index in [9.17, 15) is 5.11 Å². The van der Waals surface area contributed by atoms with Gasteiger partial charge in [0.2, 0.25) is 0 Å². The van der Waals surface area contributed by atoms with E-state index in [0.717, 1.165) is 11.1 Å². The molecule has 1 N–H and O–H groups in total. The van der Waals surface area contributed by atoms with Crippen LogP contribution in [-0.4, -0.2) is 5.11 Å². The van der Waals surface area contributed by atoms with Crippen molar-refractivity contribution in [2.45, 2.75) is 5.60 Å². The minimum absolute atomic E-state index is 0.0999. The SMILES string of the molecule is OC(c1ccccc1)(c1ccccc1)C1C(c2ccccc2)=C1c1ccccc1. The third-order valence-corrected chi connectivity index (χ3v) is 5.80. The molecule has 1 heteroatoms. The Labute approximate surface area is 171 Å². The maximum atomic E-state index is 12.3. The molecule has 0 unspecified atom stereocenters. The average Bonchev–Trinajstić information content (AvgIpc) is 3.57. The van der Waals surface area contributed by atoms with Crippen molar-refractivity contribution < 1.29 is 5.11 Å². The van der Waals surface area contributed by atoms with Crippen LogP contribution in [0.25, 0.3) is 11.1 Å². The Balaban J connectivity index is 1.71. The van der Waals surface area contributed by atoms with Gasteiger partial charge in [-0.25, -0.2) is 0 Å². The topological polar surface area (TPSA) is 20.2 Å². The van der Waals surface area contributed by atoms with E-state index in [4.69, 9.17) is 0 Å². The molecular weight excluding hydrogens is 352 g/mol. The normalized spacial score (nSPS) is 14.1. The standard InChI is InChI=1S/C28H22O/c29-28(23-17-9-3-10-18-23,24-19-11-4-12-20-24)27-25(21-13-5-1-6-14-21)26(27)22-15-7-2-8-16-22/h1-20,27,29H. The van der Waals surface area contributed by atoms with Crippen LogP contribution in [0.15, 0.2) is 121 Å². The zero-order valence-electron chi connectivity index (χ0n) is 16.1. The van der Waals surface area contributed by atoms with Gasteiger partial charge >= 0.3 is 0 Å². The lowest BCUT2D eigenvalue weighted by molar-refractivity contribution is 0.0694. The van der Waals surface area contributed by atoms with Crippen LogP contribution in [0.4, 0.5) is 0 Å². The summed E-state index contributed by atoms with van der Waals surface area (Å²) < 4.78 is 0. The van der Waals surface area contributed by atoms with Crippen molar-refractivity contribution in [3.05, 3.63) is 144 Å². The molecule has 0 heterocycles. The molecule has 0 aromatic heterocycles. The molecule has 0 fully saturated rings. The zero-order chi connectivity index (χ0) is 19.7. The maximum absolute atomic E-state index is 12.3. The lowest BCUT2D eigenvalue weighted by Crippen LogP contribution is -2.31. The van der Waals surface area contributed by atoms with Gasteiger partial charge in [0.05, 0.1) is 0 Å². The molecule has 4 aromatic rings. The molecular formula is C28H22O. The Morgan fingerprint density at radius 3 is 1.10 bits per heavy atom. The van der Waals surface area contributed by atoms with E-state index >= 15 is 0 Å². The molecule has 1 aliphatic rings. The Bertz CT molecular complexity index is 1040. The van der Waals surface area contributed by atoms with Crippen LogP contribution in [0.2, 0.25) is 0 Å². The highest BCUT2D eigenvalue weighted by Crippen LogP contribution is 2.62. The third kappa shape index (κ3) is 3.00. The third-order valence-electron chi connectivity index (χ3n) is 5.80. The molecule has 0 bridgehead atoms. The monoisotopic (exact) mass is 374 g/mol. The Morgan fingerprint density at radius 2 is 0.759 bits per heavy atom. The van der Waals surface area contributed by atoms with Crippen molar-refractivity contribution in [3.8, 4) is 0 Å². The van der Waals surface area contributed by atoms with Gasteiger partial charge in [-0.2, -0.15) is 0 Å². The van der Waals surface area contributed by atoms with Gasteiger partial charge in [-0.15, -0.1) is 0 Å². The largest absolute Gasteiger partial charge is 0.379 e. The van der Waals surface area contributed by atoms with E-state index < -0.39 is 5.60 Å². The summed E-state index contributed by atoms with van der Waals surface area (Å²) in [7, 11) is 0. The molecule has 0 atom stereocenters. The fraction of sp³-hybridized carbons (Fsp3) is 0.0714. The smallest absolute Gasteiger partial charge is 0.126 e. The predicted octanol–water partition coefficient (Wildman–Crippen LogP) is 6.16. The Kier molecular flexibility index (Phi) is 4.38. The van der Waals surface area contributed by atoms with E-state index in [0.29, 0.717) is 0 Å². The zero-order valence-corrected chi connectivity index (χ0v) is 16.1. The van der Waals surface area contributed by atoms with Gasteiger partial charge in [-0.05, 0) is 33.4 Å². The fourth-order valence-corrected chi connectivity index (χ4v) is 4.40. The summed E-state index contributed by atoms with van der Waals surface area (Å²) in [4.78, 5) is 0. The lowest BCUT2D eigenvalue weighted by atomic mass is 9.78. The summed E-state index contributed by atoms with van der Waals surface area (Å²) in [6, 6.07) is 40.9. The second kappa shape index (κ2) is 7.20. The number of hydrogen-bond donors (Lipinski definition) is 1. The van der Waals surface area contributed by atoms with Gasteiger partial charge in [0.1, 0.15) is 5.60 Å². The highest BCUT2D eigenvalue weighted by molar-refractivity contribution is 6.12. The number of benzene rings is 4. The lowest BCUT2D eigenvalue weighted by Gasteiger charge is -2.31. The van der Waals surface area contributed by atoms with E-state index in [-0.39, 0.29) is 5.92 Å². The second-order valence-electron chi connectivity index (χ2n) is 7.49. The first-order valence-corrected chi connectivity index (χ1v) is 9.98. The van der Waals surface area contributed by atoms with Gasteiger partial charge in [-0.1, -0.05) is 121 Å². The quantitative estimate of drug-likeness (QED) is 0.443. The van der Waals surface area contributed by atoms with Crippen LogP contribution < -0.4 is 0 Å². The summed E-state index contributed by atoms with van der Waals surface area (Å²) in [6.45, 7) is 0. The Hall–Kier alpha value is -3.42. The van der Waals surface area contributed by atoms with Crippen LogP contribution in [0, 0.1) is 5.92 Å². The van der Waals surface area contributed by atoms with E-state index in [1.165, 1.54) is 22.3 Å². The molecule has 0 saturated carbocycles. The predicted molar refractivity (Wildman–Crippen MR) is 119 cm³/mol. The summed E-state index contributed by atoms with van der Waals surface area (Å²) in [5.41, 5.74) is 5.47. The van der Waals surface area contributed by atoms with Crippen molar-refractivity contribution in [1.82, 2.24) is 0 Å². The minimum Gasteiger partial charge on any atom is -0.379 e. The Morgan fingerprint density at radius 1 is 0.448 bits per heavy atom. The van der Waals surface area contributed by atoms with Crippen LogP contribution in [0.3, 0.4) is 0 Å². The first kappa shape index (κ1) is 17.7. The molecule has 0 amide bonds. The number of rotatable bonds is 5. The van der Waals surface area contributed by atoms with E-state index in [2.05, 4.69) is 48.5 Å². The van der Waals surface area contributed by atoms with Crippen molar-refractivity contribution in [3.63, 3.8) is 0 Å². The van der Waals surface area contributed by atoms with Gasteiger partial charge in [0.25, 0.3) is 0 Å². The summed E-state index contributed by atoms with van der Waals surface area (Å²) in [6.07, 6.45) is 0. The minimum atomic E-state index is -1.13. The fourth-order valence-electron chi connectivity index (χ4n) is 4.40. The van der Waals surface area contributed by atoms with Crippen LogP contribution in [0.1, 0.15) is 22.3 Å². The van der Waals surface area contributed by atoms with Gasteiger partial charge in [0, 0.05) is 5.92 Å². The summed E-state index contributed by atoms with van der Waals surface area (Å²) >= 11 is 0. The van der Waals surface area contributed by atoms with Crippen molar-refractivity contribution in [2.75, 3.05) is 0 Å². The first-order chi connectivity index (χ1) is 14.3. The highest BCUT2D eigenvalue weighted by Gasteiger charge is 2.53. The molecule has 0 spiro atoms. The van der Waals surface area contributed by atoms with Crippen LogP contribution >= 0.6 is 0 Å². The molecule has 0 aliphatic heterocycles. The highest BCUT2D eigenvalue weighted by atomic mass is 16.3. The van der Waals surface area contributed by atoms with Gasteiger partial charge < -0.3 is 5.11 Å². The van der Waals surface area contributed by atoms with E-state index in [1.807, 2.05) is 72.8 Å². The van der Waals surface area contributed by atoms with Crippen LogP contribution in [-0.2, 0) is 5.60 Å². The summed E-state index contributed by atoms with van der Waals surface area (Å²) in [5, 5.41) is 12.3.